The third-order valence-corrected chi connectivity index (χ3v) is 6.34. The van der Waals surface area contributed by atoms with Crippen LogP contribution in [0, 0.1) is 0 Å². The van der Waals surface area contributed by atoms with E-state index in [0.29, 0.717) is 12.0 Å². The van der Waals surface area contributed by atoms with Gasteiger partial charge in [0.15, 0.2) is 0 Å². The SMILES string of the molecule is COc1cc(C2=CC3CCCC(C2)S3=O)cc(C(F)(F)F)c1. The van der Waals surface area contributed by atoms with Crippen molar-refractivity contribution in [3.63, 3.8) is 0 Å². The highest BCUT2D eigenvalue weighted by Gasteiger charge is 2.35. The fraction of sp³-hybridized carbons (Fsp3) is 0.500. The summed E-state index contributed by atoms with van der Waals surface area (Å²) in [5, 5.41) is 0.0438. The van der Waals surface area contributed by atoms with E-state index in [2.05, 4.69) is 0 Å². The molecule has 0 radical (unpaired) electrons. The molecule has 2 bridgehead atoms. The molecule has 0 aromatic heterocycles. The Hall–Kier alpha value is -1.30. The number of benzene rings is 1. The number of alkyl halides is 3. The predicted octanol–water partition coefficient (Wildman–Crippen LogP) is 4.17. The van der Waals surface area contributed by atoms with Crippen LogP contribution in [0.4, 0.5) is 13.2 Å². The van der Waals surface area contributed by atoms with Crippen molar-refractivity contribution in [1.82, 2.24) is 0 Å². The van der Waals surface area contributed by atoms with Gasteiger partial charge in [0.25, 0.3) is 0 Å². The fourth-order valence-electron chi connectivity index (χ4n) is 3.18. The standard InChI is InChI=1S/C16H17F3O2S/c1-21-13-6-10(5-12(9-13)16(17,18)19)11-7-14-3-2-4-15(8-11)22(14)20/h5-7,9,14-15H,2-4,8H2,1H3. The van der Waals surface area contributed by atoms with Gasteiger partial charge in [0, 0.05) is 16.0 Å². The predicted molar refractivity (Wildman–Crippen MR) is 80.2 cm³/mol. The van der Waals surface area contributed by atoms with Crippen molar-refractivity contribution in [2.45, 2.75) is 42.4 Å². The van der Waals surface area contributed by atoms with Crippen molar-refractivity contribution in [3.8, 4) is 5.75 Å². The summed E-state index contributed by atoms with van der Waals surface area (Å²) >= 11 is 0. The lowest BCUT2D eigenvalue weighted by Gasteiger charge is -2.33. The van der Waals surface area contributed by atoms with E-state index in [0.717, 1.165) is 37.0 Å². The van der Waals surface area contributed by atoms with Crippen molar-refractivity contribution >= 4 is 16.4 Å². The summed E-state index contributed by atoms with van der Waals surface area (Å²) in [7, 11) is 0.470. The fourth-order valence-corrected chi connectivity index (χ4v) is 5.11. The molecular formula is C16H17F3O2S. The molecule has 2 heterocycles. The second-order valence-electron chi connectivity index (χ2n) is 5.76. The zero-order valence-corrected chi connectivity index (χ0v) is 13.0. The van der Waals surface area contributed by atoms with E-state index in [1.807, 2.05) is 6.08 Å². The molecule has 6 heteroatoms. The molecule has 3 rings (SSSR count). The van der Waals surface area contributed by atoms with Gasteiger partial charge in [-0.3, -0.25) is 4.21 Å². The minimum atomic E-state index is -4.41. The average Bonchev–Trinajstić information content (AvgIpc) is 2.45. The second-order valence-corrected chi connectivity index (χ2v) is 7.69. The molecule has 2 aliphatic rings. The monoisotopic (exact) mass is 330 g/mol. The Morgan fingerprint density at radius 3 is 2.64 bits per heavy atom. The van der Waals surface area contributed by atoms with E-state index in [1.165, 1.54) is 7.11 Å². The van der Waals surface area contributed by atoms with Gasteiger partial charge in [-0.25, -0.2) is 0 Å². The molecule has 3 atom stereocenters. The summed E-state index contributed by atoms with van der Waals surface area (Å²) < 4.78 is 56.3. The van der Waals surface area contributed by atoms with Crippen LogP contribution in [0.25, 0.3) is 5.57 Å². The molecule has 1 aromatic carbocycles. The van der Waals surface area contributed by atoms with Crippen LogP contribution in [0.5, 0.6) is 5.75 Å². The number of rotatable bonds is 2. The summed E-state index contributed by atoms with van der Waals surface area (Å²) in [5.41, 5.74) is 0.679. The van der Waals surface area contributed by atoms with Gasteiger partial charge in [0.1, 0.15) is 5.75 Å². The first-order valence-corrected chi connectivity index (χ1v) is 8.53. The van der Waals surface area contributed by atoms with E-state index in [4.69, 9.17) is 4.74 Å². The van der Waals surface area contributed by atoms with Crippen LogP contribution < -0.4 is 4.74 Å². The first-order valence-electron chi connectivity index (χ1n) is 7.25. The Balaban J connectivity index is 2.03. The number of halogens is 3. The zero-order valence-electron chi connectivity index (χ0n) is 12.2. The molecule has 0 amide bonds. The van der Waals surface area contributed by atoms with Gasteiger partial charge in [-0.15, -0.1) is 0 Å². The van der Waals surface area contributed by atoms with Crippen LogP contribution >= 0.6 is 0 Å². The molecule has 0 saturated carbocycles. The van der Waals surface area contributed by atoms with E-state index in [1.54, 1.807) is 6.07 Å². The van der Waals surface area contributed by atoms with Gasteiger partial charge in [-0.1, -0.05) is 12.5 Å². The number of hydrogen-bond donors (Lipinski definition) is 0. The van der Waals surface area contributed by atoms with E-state index < -0.39 is 22.5 Å². The van der Waals surface area contributed by atoms with E-state index >= 15 is 0 Å². The maximum atomic E-state index is 13.0. The maximum absolute atomic E-state index is 13.0. The van der Waals surface area contributed by atoms with E-state index in [-0.39, 0.29) is 16.2 Å². The molecule has 0 N–H and O–H groups in total. The zero-order chi connectivity index (χ0) is 15.9. The van der Waals surface area contributed by atoms with Crippen LogP contribution in [0.1, 0.15) is 36.8 Å². The summed E-state index contributed by atoms with van der Waals surface area (Å²) in [6, 6.07) is 3.80. The molecule has 1 aromatic rings. The Morgan fingerprint density at radius 2 is 2.00 bits per heavy atom. The van der Waals surface area contributed by atoms with Crippen molar-refractivity contribution < 1.29 is 22.1 Å². The largest absolute Gasteiger partial charge is 0.497 e. The molecule has 22 heavy (non-hydrogen) atoms. The van der Waals surface area contributed by atoms with Gasteiger partial charge in [0.2, 0.25) is 0 Å². The third kappa shape index (κ3) is 2.93. The molecule has 1 fully saturated rings. The summed E-state index contributed by atoms with van der Waals surface area (Å²) in [5.74, 6) is 0.197. The average molecular weight is 330 g/mol. The van der Waals surface area contributed by atoms with Gasteiger partial charge < -0.3 is 4.74 Å². The molecule has 1 saturated heterocycles. The highest BCUT2D eigenvalue weighted by molar-refractivity contribution is 7.86. The van der Waals surface area contributed by atoms with Gasteiger partial charge in [-0.2, -0.15) is 13.2 Å². The topological polar surface area (TPSA) is 26.3 Å². The summed E-state index contributed by atoms with van der Waals surface area (Å²) in [6.45, 7) is 0. The third-order valence-electron chi connectivity index (χ3n) is 4.32. The number of ether oxygens (including phenoxy) is 1. The minimum Gasteiger partial charge on any atom is -0.497 e. The highest BCUT2D eigenvalue weighted by atomic mass is 32.2. The lowest BCUT2D eigenvalue weighted by atomic mass is 9.92. The van der Waals surface area contributed by atoms with Gasteiger partial charge >= 0.3 is 6.18 Å². The minimum absolute atomic E-state index is 0.0250. The van der Waals surface area contributed by atoms with Crippen molar-refractivity contribution in [1.29, 1.82) is 0 Å². The van der Waals surface area contributed by atoms with Gasteiger partial charge in [-0.05, 0) is 48.6 Å². The maximum Gasteiger partial charge on any atom is 0.416 e. The molecular weight excluding hydrogens is 313 g/mol. The number of fused-ring (bicyclic) bond motifs is 2. The Kier molecular flexibility index (Phi) is 4.05. The normalized spacial score (nSPS) is 28.2. The van der Waals surface area contributed by atoms with Crippen LogP contribution in [-0.2, 0) is 17.0 Å². The quantitative estimate of drug-likeness (QED) is 0.813. The van der Waals surface area contributed by atoms with Crippen molar-refractivity contribution in [2.24, 2.45) is 0 Å². The van der Waals surface area contributed by atoms with Crippen molar-refractivity contribution in [3.05, 3.63) is 35.4 Å². The molecule has 0 spiro atoms. The lowest BCUT2D eigenvalue weighted by molar-refractivity contribution is -0.137. The molecule has 3 unspecified atom stereocenters. The molecule has 2 nitrogen and oxygen atoms in total. The number of methoxy groups -OCH3 is 1. The molecule has 0 aliphatic carbocycles. The molecule has 2 aliphatic heterocycles. The first-order chi connectivity index (χ1) is 10.4. The lowest BCUT2D eigenvalue weighted by Crippen LogP contribution is -2.33. The molecule has 120 valence electrons. The number of hydrogen-bond acceptors (Lipinski definition) is 2. The van der Waals surface area contributed by atoms with Crippen LogP contribution in [0.15, 0.2) is 24.3 Å². The Labute approximate surface area is 129 Å². The smallest absolute Gasteiger partial charge is 0.416 e. The second kappa shape index (κ2) is 5.72. The van der Waals surface area contributed by atoms with Crippen LogP contribution in [0.2, 0.25) is 0 Å². The first kappa shape index (κ1) is 15.6. The van der Waals surface area contributed by atoms with Crippen LogP contribution in [-0.4, -0.2) is 21.8 Å². The Morgan fingerprint density at radius 1 is 1.23 bits per heavy atom. The van der Waals surface area contributed by atoms with Crippen molar-refractivity contribution in [2.75, 3.05) is 7.11 Å². The Bertz CT molecular complexity index is 637. The number of allylic oxidation sites excluding steroid dienone is 1. The van der Waals surface area contributed by atoms with E-state index in [9.17, 15) is 17.4 Å². The van der Waals surface area contributed by atoms with Crippen LogP contribution in [0.3, 0.4) is 0 Å². The summed E-state index contributed by atoms with van der Waals surface area (Å²) in [6.07, 6.45) is 0.849. The van der Waals surface area contributed by atoms with Gasteiger partial charge in [0.05, 0.1) is 17.9 Å². The summed E-state index contributed by atoms with van der Waals surface area (Å²) in [4.78, 5) is 0. The highest BCUT2D eigenvalue weighted by Crippen LogP contribution is 2.40.